The summed E-state index contributed by atoms with van der Waals surface area (Å²) < 4.78 is 39.6. The van der Waals surface area contributed by atoms with Crippen LogP contribution >= 0.6 is 11.3 Å². The molecule has 0 unspecified atom stereocenters. The van der Waals surface area contributed by atoms with Gasteiger partial charge < -0.3 is 21.1 Å². The maximum absolute atomic E-state index is 11.8. The SMILES string of the molecule is CNc1nc(N)c(C(=O)NCCOCC(F)(F)F)s1. The zero-order valence-corrected chi connectivity index (χ0v) is 10.8. The van der Waals surface area contributed by atoms with Crippen LogP contribution in [0, 0.1) is 0 Å². The quantitative estimate of drug-likeness (QED) is 0.684. The molecule has 0 spiro atoms. The van der Waals surface area contributed by atoms with Gasteiger partial charge >= 0.3 is 6.18 Å². The number of halogens is 3. The van der Waals surface area contributed by atoms with Crippen LogP contribution in [0.3, 0.4) is 0 Å². The first-order chi connectivity index (χ1) is 8.83. The number of anilines is 2. The van der Waals surface area contributed by atoms with Crippen molar-refractivity contribution >= 4 is 28.2 Å². The number of nitrogen functional groups attached to an aromatic ring is 1. The van der Waals surface area contributed by atoms with E-state index in [0.717, 1.165) is 11.3 Å². The van der Waals surface area contributed by atoms with Gasteiger partial charge in [0, 0.05) is 13.6 Å². The van der Waals surface area contributed by atoms with Crippen LogP contribution in [0.5, 0.6) is 0 Å². The molecule has 0 fully saturated rings. The molecule has 1 aromatic rings. The standard InChI is InChI=1S/C9H13F3N4O2S/c1-14-8-16-6(13)5(19-8)7(17)15-2-3-18-4-9(10,11)12/h2-4,13H2,1H3,(H,14,16)(H,15,17). The summed E-state index contributed by atoms with van der Waals surface area (Å²) in [4.78, 5) is 15.7. The van der Waals surface area contributed by atoms with Gasteiger partial charge in [-0.15, -0.1) is 0 Å². The summed E-state index contributed by atoms with van der Waals surface area (Å²) in [5, 5.41) is 5.61. The second kappa shape index (κ2) is 6.57. The molecule has 0 aliphatic carbocycles. The van der Waals surface area contributed by atoms with Crippen molar-refractivity contribution in [3.05, 3.63) is 4.88 Å². The van der Waals surface area contributed by atoms with Gasteiger partial charge in [-0.1, -0.05) is 11.3 Å². The van der Waals surface area contributed by atoms with Gasteiger partial charge in [0.2, 0.25) is 0 Å². The number of hydrogen-bond acceptors (Lipinski definition) is 6. The fourth-order valence-corrected chi connectivity index (χ4v) is 1.86. The smallest absolute Gasteiger partial charge is 0.382 e. The van der Waals surface area contributed by atoms with E-state index in [0.29, 0.717) is 5.13 Å². The Morgan fingerprint density at radius 3 is 2.74 bits per heavy atom. The Morgan fingerprint density at radius 1 is 1.53 bits per heavy atom. The molecule has 108 valence electrons. The second-order valence-corrected chi connectivity index (χ2v) is 4.41. The zero-order chi connectivity index (χ0) is 14.5. The predicted octanol–water partition coefficient (Wildman–Crippen LogP) is 1.08. The monoisotopic (exact) mass is 298 g/mol. The molecule has 0 saturated heterocycles. The predicted molar refractivity (Wildman–Crippen MR) is 65.3 cm³/mol. The number of hydrogen-bond donors (Lipinski definition) is 3. The van der Waals surface area contributed by atoms with E-state index in [1.165, 1.54) is 0 Å². The van der Waals surface area contributed by atoms with E-state index in [1.54, 1.807) is 7.05 Å². The van der Waals surface area contributed by atoms with E-state index in [-0.39, 0.29) is 23.8 Å². The van der Waals surface area contributed by atoms with Gasteiger partial charge in [-0.25, -0.2) is 4.98 Å². The van der Waals surface area contributed by atoms with Crippen LogP contribution in [0.15, 0.2) is 0 Å². The Hall–Kier alpha value is -1.55. The number of alkyl halides is 3. The number of carbonyl (C=O) groups excluding carboxylic acids is 1. The molecule has 0 atom stereocenters. The fraction of sp³-hybridized carbons (Fsp3) is 0.556. The number of nitrogens with zero attached hydrogens (tertiary/aromatic N) is 1. The van der Waals surface area contributed by atoms with Gasteiger partial charge in [0.25, 0.3) is 5.91 Å². The summed E-state index contributed by atoms with van der Waals surface area (Å²) in [7, 11) is 1.63. The molecule has 0 aliphatic heterocycles. The first-order valence-electron chi connectivity index (χ1n) is 5.20. The highest BCUT2D eigenvalue weighted by Crippen LogP contribution is 2.24. The number of nitrogens with two attached hydrogens (primary N) is 1. The van der Waals surface area contributed by atoms with Gasteiger partial charge in [0.05, 0.1) is 6.61 Å². The number of carbonyl (C=O) groups is 1. The van der Waals surface area contributed by atoms with Crippen LogP contribution in [-0.2, 0) is 4.74 Å². The number of rotatable bonds is 6. The lowest BCUT2D eigenvalue weighted by molar-refractivity contribution is -0.173. The van der Waals surface area contributed by atoms with E-state index in [4.69, 9.17) is 5.73 Å². The highest BCUT2D eigenvalue weighted by Gasteiger charge is 2.27. The Bertz CT molecular complexity index is 436. The van der Waals surface area contributed by atoms with Crippen LogP contribution in [-0.4, -0.2) is 43.9 Å². The molecule has 0 radical (unpaired) electrons. The maximum atomic E-state index is 11.8. The van der Waals surface area contributed by atoms with Crippen LogP contribution in [0.4, 0.5) is 24.1 Å². The Morgan fingerprint density at radius 2 is 2.21 bits per heavy atom. The topological polar surface area (TPSA) is 89.3 Å². The van der Waals surface area contributed by atoms with Crippen LogP contribution < -0.4 is 16.4 Å². The number of amides is 1. The third-order valence-electron chi connectivity index (χ3n) is 1.87. The zero-order valence-electron chi connectivity index (χ0n) is 10.0. The van der Waals surface area contributed by atoms with Crippen molar-refractivity contribution in [3.63, 3.8) is 0 Å². The third-order valence-corrected chi connectivity index (χ3v) is 2.96. The highest BCUT2D eigenvalue weighted by molar-refractivity contribution is 7.18. The first kappa shape index (κ1) is 15.5. The van der Waals surface area contributed by atoms with Crippen molar-refractivity contribution in [2.75, 3.05) is 37.9 Å². The second-order valence-electron chi connectivity index (χ2n) is 3.41. The lowest BCUT2D eigenvalue weighted by Gasteiger charge is -2.08. The summed E-state index contributed by atoms with van der Waals surface area (Å²) >= 11 is 1.06. The molecule has 1 aromatic heterocycles. The van der Waals surface area contributed by atoms with Gasteiger partial charge in [-0.3, -0.25) is 4.79 Å². The molecular formula is C9H13F3N4O2S. The highest BCUT2D eigenvalue weighted by atomic mass is 32.1. The number of thiazole rings is 1. The molecule has 0 bridgehead atoms. The van der Waals surface area contributed by atoms with Gasteiger partial charge in [-0.05, 0) is 0 Å². The molecule has 1 rings (SSSR count). The van der Waals surface area contributed by atoms with Crippen molar-refractivity contribution in [1.82, 2.24) is 10.3 Å². The molecule has 6 nitrogen and oxygen atoms in total. The van der Waals surface area contributed by atoms with Gasteiger partial charge in [-0.2, -0.15) is 13.2 Å². The minimum Gasteiger partial charge on any atom is -0.382 e. The molecule has 4 N–H and O–H groups in total. The molecule has 0 aliphatic rings. The summed E-state index contributed by atoms with van der Waals surface area (Å²) in [6.45, 7) is -1.61. The summed E-state index contributed by atoms with van der Waals surface area (Å²) in [5.74, 6) is -0.421. The number of nitrogens with one attached hydrogen (secondary N) is 2. The molecule has 0 saturated carbocycles. The van der Waals surface area contributed by atoms with Gasteiger partial charge in [0.15, 0.2) is 5.13 Å². The van der Waals surface area contributed by atoms with Crippen LogP contribution in [0.1, 0.15) is 9.67 Å². The summed E-state index contributed by atoms with van der Waals surface area (Å²) in [6.07, 6.45) is -4.37. The van der Waals surface area contributed by atoms with E-state index in [1.807, 2.05) is 0 Å². The average molecular weight is 298 g/mol. The van der Waals surface area contributed by atoms with E-state index in [9.17, 15) is 18.0 Å². The third kappa shape index (κ3) is 5.30. The normalized spacial score (nSPS) is 11.4. The summed E-state index contributed by atoms with van der Waals surface area (Å²) in [5.41, 5.74) is 5.52. The Kier molecular flexibility index (Phi) is 5.36. The Balaban J connectivity index is 2.33. The van der Waals surface area contributed by atoms with Gasteiger partial charge in [0.1, 0.15) is 17.3 Å². The largest absolute Gasteiger partial charge is 0.411 e. The van der Waals surface area contributed by atoms with E-state index < -0.39 is 18.7 Å². The van der Waals surface area contributed by atoms with Crippen molar-refractivity contribution in [3.8, 4) is 0 Å². The lowest BCUT2D eigenvalue weighted by Crippen LogP contribution is -2.28. The lowest BCUT2D eigenvalue weighted by atomic mass is 10.4. The first-order valence-corrected chi connectivity index (χ1v) is 6.02. The molecule has 10 heteroatoms. The summed E-state index contributed by atoms with van der Waals surface area (Å²) in [6, 6.07) is 0. The van der Waals surface area contributed by atoms with E-state index in [2.05, 4.69) is 20.4 Å². The Labute approximate surface area is 111 Å². The van der Waals surface area contributed by atoms with Crippen molar-refractivity contribution in [2.24, 2.45) is 0 Å². The van der Waals surface area contributed by atoms with Crippen molar-refractivity contribution in [1.29, 1.82) is 0 Å². The van der Waals surface area contributed by atoms with Crippen molar-refractivity contribution in [2.45, 2.75) is 6.18 Å². The molecule has 0 aromatic carbocycles. The van der Waals surface area contributed by atoms with E-state index >= 15 is 0 Å². The molecule has 19 heavy (non-hydrogen) atoms. The molecular weight excluding hydrogens is 285 g/mol. The van der Waals surface area contributed by atoms with Crippen LogP contribution in [0.25, 0.3) is 0 Å². The van der Waals surface area contributed by atoms with Crippen molar-refractivity contribution < 1.29 is 22.7 Å². The maximum Gasteiger partial charge on any atom is 0.411 e. The average Bonchev–Trinajstić information content (AvgIpc) is 2.68. The number of ether oxygens (including phenoxy) is 1. The fourth-order valence-electron chi connectivity index (χ4n) is 1.11. The molecule has 1 heterocycles. The number of aromatic nitrogens is 1. The minimum atomic E-state index is -4.37. The minimum absolute atomic E-state index is 0.0405. The molecule has 1 amide bonds. The van der Waals surface area contributed by atoms with Crippen LogP contribution in [0.2, 0.25) is 0 Å².